The summed E-state index contributed by atoms with van der Waals surface area (Å²) < 4.78 is 29.6. The van der Waals surface area contributed by atoms with Crippen LogP contribution in [0.4, 0.5) is 0 Å². The molecular formula is C11H23NO3S. The summed E-state index contributed by atoms with van der Waals surface area (Å²) in [5.41, 5.74) is 0. The molecule has 5 heteroatoms. The molecule has 0 aromatic rings. The fourth-order valence-corrected chi connectivity index (χ4v) is 2.89. The summed E-state index contributed by atoms with van der Waals surface area (Å²) in [4.78, 5) is 0. The first-order valence-electron chi connectivity index (χ1n) is 6.17. The highest BCUT2D eigenvalue weighted by Gasteiger charge is 2.19. The van der Waals surface area contributed by atoms with E-state index in [9.17, 15) is 8.42 Å². The molecule has 0 saturated heterocycles. The minimum absolute atomic E-state index is 0.141. The zero-order valence-corrected chi connectivity index (χ0v) is 10.8. The van der Waals surface area contributed by atoms with Gasteiger partial charge in [-0.25, -0.2) is 0 Å². The molecular weight excluding hydrogens is 226 g/mol. The Bertz CT molecular complexity index is 284. The molecule has 1 saturated carbocycles. The average molecular weight is 249 g/mol. The van der Waals surface area contributed by atoms with Gasteiger partial charge in [0.2, 0.25) is 0 Å². The maximum atomic E-state index is 10.5. The van der Waals surface area contributed by atoms with Gasteiger partial charge in [-0.15, -0.1) is 0 Å². The lowest BCUT2D eigenvalue weighted by Gasteiger charge is -2.28. The second kappa shape index (κ2) is 6.57. The molecule has 1 aliphatic rings. The van der Waals surface area contributed by atoms with Crippen LogP contribution >= 0.6 is 0 Å². The first-order chi connectivity index (χ1) is 7.49. The van der Waals surface area contributed by atoms with Gasteiger partial charge in [0.25, 0.3) is 10.1 Å². The van der Waals surface area contributed by atoms with Gasteiger partial charge in [0, 0.05) is 6.04 Å². The molecule has 16 heavy (non-hydrogen) atoms. The van der Waals surface area contributed by atoms with Gasteiger partial charge >= 0.3 is 0 Å². The molecule has 2 N–H and O–H groups in total. The molecule has 0 bridgehead atoms. The van der Waals surface area contributed by atoms with E-state index >= 15 is 0 Å². The van der Waals surface area contributed by atoms with Crippen LogP contribution in [0.3, 0.4) is 0 Å². The van der Waals surface area contributed by atoms with Crippen molar-refractivity contribution in [3.05, 3.63) is 0 Å². The molecule has 0 aromatic heterocycles. The topological polar surface area (TPSA) is 66.4 Å². The van der Waals surface area contributed by atoms with Crippen LogP contribution in [0.2, 0.25) is 0 Å². The highest BCUT2D eigenvalue weighted by Crippen LogP contribution is 2.26. The van der Waals surface area contributed by atoms with E-state index in [2.05, 4.69) is 12.2 Å². The van der Waals surface area contributed by atoms with Crippen LogP contribution in [-0.2, 0) is 10.1 Å². The van der Waals surface area contributed by atoms with E-state index in [0.29, 0.717) is 19.0 Å². The largest absolute Gasteiger partial charge is 0.314 e. The van der Waals surface area contributed by atoms with Crippen LogP contribution in [0.15, 0.2) is 0 Å². The van der Waals surface area contributed by atoms with Crippen molar-refractivity contribution < 1.29 is 13.0 Å². The van der Waals surface area contributed by atoms with Crippen LogP contribution in [0.1, 0.15) is 45.4 Å². The zero-order valence-electron chi connectivity index (χ0n) is 9.98. The quantitative estimate of drug-likeness (QED) is 0.556. The summed E-state index contributed by atoms with van der Waals surface area (Å²) in [5, 5.41) is 3.35. The minimum Gasteiger partial charge on any atom is -0.314 e. The summed E-state index contributed by atoms with van der Waals surface area (Å²) in [6.07, 6.45) is 7.05. The van der Waals surface area contributed by atoms with E-state index in [-0.39, 0.29) is 5.75 Å². The maximum Gasteiger partial charge on any atom is 0.264 e. The highest BCUT2D eigenvalue weighted by atomic mass is 32.2. The molecule has 96 valence electrons. The molecule has 0 aromatic carbocycles. The monoisotopic (exact) mass is 249 g/mol. The molecule has 0 aliphatic heterocycles. The molecule has 4 nitrogen and oxygen atoms in total. The van der Waals surface area contributed by atoms with Gasteiger partial charge in [-0.3, -0.25) is 4.55 Å². The standard InChI is InChI=1S/C11H23NO3S/c1-10(11-6-3-2-4-7-11)12-8-5-9-16(13,14)15/h10-12H,2-9H2,1H3,(H,13,14,15)/t10-/m0/s1. The lowest BCUT2D eigenvalue weighted by atomic mass is 9.84. The zero-order chi connectivity index (χ0) is 12.0. The van der Waals surface area contributed by atoms with Gasteiger partial charge < -0.3 is 5.32 Å². The summed E-state index contributed by atoms with van der Waals surface area (Å²) in [5.74, 6) is 0.594. The Morgan fingerprint density at radius 1 is 1.31 bits per heavy atom. The summed E-state index contributed by atoms with van der Waals surface area (Å²) >= 11 is 0. The van der Waals surface area contributed by atoms with E-state index in [1.165, 1.54) is 32.1 Å². The van der Waals surface area contributed by atoms with E-state index in [0.717, 1.165) is 5.92 Å². The molecule has 1 atom stereocenters. The molecule has 1 fully saturated rings. The highest BCUT2D eigenvalue weighted by molar-refractivity contribution is 7.85. The predicted octanol–water partition coefficient (Wildman–Crippen LogP) is 1.82. The Morgan fingerprint density at radius 2 is 1.94 bits per heavy atom. The molecule has 0 unspecified atom stereocenters. The van der Waals surface area contributed by atoms with Gasteiger partial charge in [-0.05, 0) is 38.6 Å². The SMILES string of the molecule is C[C@H](NCCCS(=O)(=O)O)C1CCCCC1. The second-order valence-electron chi connectivity index (χ2n) is 4.78. The Morgan fingerprint density at radius 3 is 2.50 bits per heavy atom. The van der Waals surface area contributed by atoms with E-state index in [4.69, 9.17) is 4.55 Å². The Hall–Kier alpha value is -0.130. The third-order valence-electron chi connectivity index (χ3n) is 3.40. The van der Waals surface area contributed by atoms with Crippen molar-refractivity contribution in [3.63, 3.8) is 0 Å². The van der Waals surface area contributed by atoms with Crippen molar-refractivity contribution in [2.75, 3.05) is 12.3 Å². The van der Waals surface area contributed by atoms with Crippen LogP contribution in [0, 0.1) is 5.92 Å². The van der Waals surface area contributed by atoms with Gasteiger partial charge in [0.1, 0.15) is 0 Å². The first-order valence-corrected chi connectivity index (χ1v) is 7.78. The lowest BCUT2D eigenvalue weighted by Crippen LogP contribution is -2.35. The minimum atomic E-state index is -3.79. The fourth-order valence-electron chi connectivity index (χ4n) is 2.39. The van der Waals surface area contributed by atoms with Gasteiger partial charge in [0.05, 0.1) is 5.75 Å². The van der Waals surface area contributed by atoms with Crippen LogP contribution in [0.25, 0.3) is 0 Å². The Labute approximate surface area is 98.6 Å². The first kappa shape index (κ1) is 13.9. The van der Waals surface area contributed by atoms with E-state index in [1.807, 2.05) is 0 Å². The summed E-state index contributed by atoms with van der Waals surface area (Å²) in [6, 6.07) is 0.460. The predicted molar refractivity (Wildman–Crippen MR) is 65.1 cm³/mol. The molecule has 0 radical (unpaired) electrons. The molecule has 0 heterocycles. The number of hydrogen-bond donors (Lipinski definition) is 2. The maximum absolute atomic E-state index is 10.5. The van der Waals surface area contributed by atoms with Crippen LogP contribution in [0.5, 0.6) is 0 Å². The Kier molecular flexibility index (Phi) is 5.72. The van der Waals surface area contributed by atoms with E-state index in [1.54, 1.807) is 0 Å². The van der Waals surface area contributed by atoms with Crippen molar-refractivity contribution in [2.24, 2.45) is 5.92 Å². The molecule has 1 rings (SSSR count). The third-order valence-corrected chi connectivity index (χ3v) is 4.21. The van der Waals surface area contributed by atoms with Crippen molar-refractivity contribution in [3.8, 4) is 0 Å². The van der Waals surface area contributed by atoms with Crippen molar-refractivity contribution in [2.45, 2.75) is 51.5 Å². The number of nitrogens with one attached hydrogen (secondary N) is 1. The smallest absolute Gasteiger partial charge is 0.264 e. The van der Waals surface area contributed by atoms with Gasteiger partial charge in [-0.2, -0.15) is 8.42 Å². The van der Waals surface area contributed by atoms with Crippen molar-refractivity contribution in [1.82, 2.24) is 5.32 Å². The van der Waals surface area contributed by atoms with Crippen molar-refractivity contribution >= 4 is 10.1 Å². The molecule has 1 aliphatic carbocycles. The number of rotatable bonds is 6. The fraction of sp³-hybridized carbons (Fsp3) is 1.00. The summed E-state index contributed by atoms with van der Waals surface area (Å²) in [6.45, 7) is 2.83. The third kappa shape index (κ3) is 5.82. The lowest BCUT2D eigenvalue weighted by molar-refractivity contribution is 0.282. The molecule has 0 amide bonds. The number of hydrogen-bond acceptors (Lipinski definition) is 3. The average Bonchev–Trinajstić information content (AvgIpc) is 2.24. The molecule has 0 spiro atoms. The summed E-state index contributed by atoms with van der Waals surface area (Å²) in [7, 11) is -3.79. The normalized spacial score (nSPS) is 20.9. The van der Waals surface area contributed by atoms with Crippen LogP contribution < -0.4 is 5.32 Å². The van der Waals surface area contributed by atoms with Crippen LogP contribution in [-0.4, -0.2) is 31.3 Å². The Balaban J connectivity index is 2.12. The van der Waals surface area contributed by atoms with Crippen molar-refractivity contribution in [1.29, 1.82) is 0 Å². The van der Waals surface area contributed by atoms with E-state index < -0.39 is 10.1 Å². The van der Waals surface area contributed by atoms with Gasteiger partial charge in [0.15, 0.2) is 0 Å². The van der Waals surface area contributed by atoms with Gasteiger partial charge in [-0.1, -0.05) is 19.3 Å². The second-order valence-corrected chi connectivity index (χ2v) is 6.35.